The van der Waals surface area contributed by atoms with Crippen molar-refractivity contribution in [1.82, 2.24) is 0 Å². The number of carbonyl (C=O) groups is 2. The molecule has 1 N–H and O–H groups in total. The van der Waals surface area contributed by atoms with Crippen molar-refractivity contribution in [1.29, 1.82) is 0 Å². The van der Waals surface area contributed by atoms with E-state index in [-0.39, 0.29) is 17.4 Å². The minimum Gasteiger partial charge on any atom is -0.507 e. The molecule has 1 aliphatic rings. The molecule has 7 heteroatoms. The van der Waals surface area contributed by atoms with Gasteiger partial charge in [0.1, 0.15) is 23.0 Å². The van der Waals surface area contributed by atoms with Gasteiger partial charge in [-0.2, -0.15) is 0 Å². The Labute approximate surface area is 216 Å². The summed E-state index contributed by atoms with van der Waals surface area (Å²) in [5.41, 5.74) is 2.28. The van der Waals surface area contributed by atoms with E-state index in [0.717, 1.165) is 5.56 Å². The van der Waals surface area contributed by atoms with Crippen LogP contribution in [0.5, 0.6) is 17.2 Å². The highest BCUT2D eigenvalue weighted by atomic mass is 16.5. The highest BCUT2D eigenvalue weighted by Gasteiger charge is 2.48. The summed E-state index contributed by atoms with van der Waals surface area (Å²) >= 11 is 0. The monoisotopic (exact) mass is 501 g/mol. The normalized spacial score (nSPS) is 16.8. The highest BCUT2D eigenvalue weighted by Crippen LogP contribution is 2.45. The number of methoxy groups -OCH3 is 1. The van der Waals surface area contributed by atoms with E-state index < -0.39 is 17.7 Å². The summed E-state index contributed by atoms with van der Waals surface area (Å²) in [7, 11) is 1.53. The molecule has 1 amide bonds. The molecule has 1 saturated heterocycles. The second-order valence-electron chi connectivity index (χ2n) is 8.98. The van der Waals surface area contributed by atoms with Gasteiger partial charge in [0, 0.05) is 16.8 Å². The number of amides is 1. The summed E-state index contributed by atoms with van der Waals surface area (Å²) in [6.45, 7) is 8.11. The average molecular weight is 502 g/mol. The number of benzene rings is 3. The predicted molar refractivity (Wildman–Crippen MR) is 142 cm³/mol. The van der Waals surface area contributed by atoms with Gasteiger partial charge >= 0.3 is 0 Å². The fourth-order valence-corrected chi connectivity index (χ4v) is 4.51. The topological polar surface area (TPSA) is 85.3 Å². The number of nitrogens with zero attached hydrogens (tertiary/aromatic N) is 1. The molecule has 1 atom stereocenters. The molecule has 4 rings (SSSR count). The summed E-state index contributed by atoms with van der Waals surface area (Å²) in [4.78, 5) is 28.3. The Hall–Kier alpha value is -4.26. The lowest BCUT2D eigenvalue weighted by molar-refractivity contribution is -0.132. The molecule has 0 bridgehead atoms. The van der Waals surface area contributed by atoms with Gasteiger partial charge in [0.15, 0.2) is 0 Å². The number of aliphatic hydroxyl groups is 1. The third-order valence-electron chi connectivity index (χ3n) is 6.11. The number of para-hydroxylation sites is 1. The van der Waals surface area contributed by atoms with Gasteiger partial charge in [0.05, 0.1) is 31.4 Å². The lowest BCUT2D eigenvalue weighted by atomic mass is 9.94. The van der Waals surface area contributed by atoms with Gasteiger partial charge in [-0.25, -0.2) is 0 Å². The molecule has 7 nitrogen and oxygen atoms in total. The maximum Gasteiger partial charge on any atom is 0.300 e. The third-order valence-corrected chi connectivity index (χ3v) is 6.11. The Balaban J connectivity index is 1.89. The molecule has 0 aliphatic carbocycles. The van der Waals surface area contributed by atoms with Crippen LogP contribution in [0.3, 0.4) is 0 Å². The van der Waals surface area contributed by atoms with Crippen LogP contribution in [0.25, 0.3) is 5.76 Å². The Bertz CT molecular complexity index is 1340. The quantitative estimate of drug-likeness (QED) is 0.238. The van der Waals surface area contributed by atoms with Gasteiger partial charge in [-0.3, -0.25) is 14.5 Å². The maximum absolute atomic E-state index is 13.5. The SMILES string of the molecule is CCOc1ccc(/C(O)=C2\C(=O)C(=O)N(c3ccc(OC(C)C)cc3)C2c2ccccc2OC)cc1C. The molecular formula is C30H31NO6. The Kier molecular flexibility index (Phi) is 7.53. The summed E-state index contributed by atoms with van der Waals surface area (Å²) in [6, 6.07) is 18.4. The van der Waals surface area contributed by atoms with Crippen molar-refractivity contribution in [2.75, 3.05) is 18.6 Å². The van der Waals surface area contributed by atoms with Crippen molar-refractivity contribution in [3.63, 3.8) is 0 Å². The molecule has 37 heavy (non-hydrogen) atoms. The zero-order chi connectivity index (χ0) is 26.7. The molecule has 3 aromatic carbocycles. The molecule has 0 saturated carbocycles. The molecule has 0 radical (unpaired) electrons. The summed E-state index contributed by atoms with van der Waals surface area (Å²) in [5.74, 6) is 0.0502. The largest absolute Gasteiger partial charge is 0.507 e. The predicted octanol–water partition coefficient (Wildman–Crippen LogP) is 5.82. The van der Waals surface area contributed by atoms with Crippen LogP contribution < -0.4 is 19.1 Å². The second-order valence-corrected chi connectivity index (χ2v) is 8.98. The minimum atomic E-state index is -0.903. The van der Waals surface area contributed by atoms with Crippen LogP contribution in [-0.2, 0) is 9.59 Å². The van der Waals surface area contributed by atoms with Crippen LogP contribution in [-0.4, -0.2) is 36.6 Å². The zero-order valence-corrected chi connectivity index (χ0v) is 21.6. The smallest absolute Gasteiger partial charge is 0.300 e. The summed E-state index contributed by atoms with van der Waals surface area (Å²) in [6.07, 6.45) is -0.00812. The van der Waals surface area contributed by atoms with E-state index >= 15 is 0 Å². The number of Topliss-reactive ketones (excluding diaryl/α,β-unsaturated/α-hetero) is 1. The van der Waals surface area contributed by atoms with Gasteiger partial charge in [-0.1, -0.05) is 18.2 Å². The van der Waals surface area contributed by atoms with Crippen molar-refractivity contribution in [3.8, 4) is 17.2 Å². The Morgan fingerprint density at radius 1 is 1.00 bits per heavy atom. The molecule has 3 aromatic rings. The summed E-state index contributed by atoms with van der Waals surface area (Å²) < 4.78 is 16.9. The van der Waals surface area contributed by atoms with Crippen LogP contribution in [0.1, 0.15) is 43.5 Å². The van der Waals surface area contributed by atoms with Crippen molar-refractivity contribution in [2.45, 2.75) is 39.8 Å². The average Bonchev–Trinajstić information content (AvgIpc) is 3.15. The first-order valence-corrected chi connectivity index (χ1v) is 12.2. The number of hydrogen-bond donors (Lipinski definition) is 1. The highest BCUT2D eigenvalue weighted by molar-refractivity contribution is 6.51. The lowest BCUT2D eigenvalue weighted by Gasteiger charge is -2.27. The first-order chi connectivity index (χ1) is 17.8. The van der Waals surface area contributed by atoms with E-state index in [2.05, 4.69) is 0 Å². The maximum atomic E-state index is 13.5. The van der Waals surface area contributed by atoms with Crippen LogP contribution in [0.15, 0.2) is 72.3 Å². The lowest BCUT2D eigenvalue weighted by Crippen LogP contribution is -2.29. The van der Waals surface area contributed by atoms with Crippen molar-refractivity contribution in [2.24, 2.45) is 0 Å². The number of anilines is 1. The van der Waals surface area contributed by atoms with Crippen LogP contribution in [0.4, 0.5) is 5.69 Å². The standard InChI is InChI=1S/C30H31NO6/c1-6-36-24-16-11-20(17-19(24)4)28(32)26-27(23-9-7-8-10-25(23)35-5)31(30(34)29(26)33)21-12-14-22(15-13-21)37-18(2)3/h7-18,27,32H,6H2,1-5H3/b28-26+. The molecule has 0 spiro atoms. The second kappa shape index (κ2) is 10.8. The van der Waals surface area contributed by atoms with E-state index in [4.69, 9.17) is 14.2 Å². The summed E-state index contributed by atoms with van der Waals surface area (Å²) in [5, 5.41) is 11.4. The van der Waals surface area contributed by atoms with Crippen LogP contribution in [0, 0.1) is 6.92 Å². The van der Waals surface area contributed by atoms with E-state index in [1.54, 1.807) is 60.7 Å². The first kappa shape index (κ1) is 25.8. The molecule has 1 aliphatic heterocycles. The molecule has 1 fully saturated rings. The molecule has 192 valence electrons. The van der Waals surface area contributed by atoms with Gasteiger partial charge in [0.2, 0.25) is 0 Å². The van der Waals surface area contributed by atoms with Gasteiger partial charge in [0.25, 0.3) is 11.7 Å². The minimum absolute atomic E-state index is 0.00812. The fourth-order valence-electron chi connectivity index (χ4n) is 4.51. The van der Waals surface area contributed by atoms with E-state index in [1.165, 1.54) is 12.0 Å². The Morgan fingerprint density at radius 2 is 1.70 bits per heavy atom. The molecule has 1 unspecified atom stereocenters. The number of carbonyl (C=O) groups excluding carboxylic acids is 2. The number of ketones is 1. The molecule has 1 heterocycles. The first-order valence-electron chi connectivity index (χ1n) is 12.2. The van der Waals surface area contributed by atoms with Crippen molar-refractivity contribution in [3.05, 3.63) is 89.0 Å². The van der Waals surface area contributed by atoms with E-state index in [1.807, 2.05) is 33.8 Å². The fraction of sp³-hybridized carbons (Fsp3) is 0.267. The van der Waals surface area contributed by atoms with Crippen molar-refractivity contribution >= 4 is 23.1 Å². The number of aryl methyl sites for hydroxylation is 1. The third kappa shape index (κ3) is 5.03. The molecule has 0 aromatic heterocycles. The van der Waals surface area contributed by atoms with Gasteiger partial charge in [-0.05, 0) is 81.8 Å². The number of aliphatic hydroxyl groups excluding tert-OH is 1. The zero-order valence-electron chi connectivity index (χ0n) is 21.6. The van der Waals surface area contributed by atoms with Crippen LogP contribution in [0.2, 0.25) is 0 Å². The van der Waals surface area contributed by atoms with E-state index in [0.29, 0.717) is 40.7 Å². The van der Waals surface area contributed by atoms with E-state index in [9.17, 15) is 14.7 Å². The Morgan fingerprint density at radius 3 is 2.32 bits per heavy atom. The molecular weight excluding hydrogens is 470 g/mol. The van der Waals surface area contributed by atoms with Gasteiger partial charge in [-0.15, -0.1) is 0 Å². The number of ether oxygens (including phenoxy) is 3. The van der Waals surface area contributed by atoms with Crippen LogP contribution >= 0.6 is 0 Å². The number of hydrogen-bond acceptors (Lipinski definition) is 6. The van der Waals surface area contributed by atoms with Gasteiger partial charge < -0.3 is 19.3 Å². The number of rotatable bonds is 8. The van der Waals surface area contributed by atoms with Crippen molar-refractivity contribution < 1.29 is 28.9 Å².